The van der Waals surface area contributed by atoms with Crippen molar-refractivity contribution in [2.75, 3.05) is 34.0 Å². The summed E-state index contributed by atoms with van der Waals surface area (Å²) in [6, 6.07) is 14.5. The summed E-state index contributed by atoms with van der Waals surface area (Å²) < 4.78 is 35.2. The number of ether oxygens (including phenoxy) is 6. The third-order valence-electron chi connectivity index (χ3n) is 7.58. The average molecular weight is 742 g/mol. The van der Waals surface area contributed by atoms with Crippen molar-refractivity contribution >= 4 is 52.6 Å². The van der Waals surface area contributed by atoms with Gasteiger partial charge in [-0.1, -0.05) is 58.8 Å². The van der Waals surface area contributed by atoms with Crippen molar-refractivity contribution in [3.63, 3.8) is 0 Å². The fraction of sp³-hybridized carbons (Fsp3) is 0.278. The normalized spacial score (nSPS) is 14.1. The Bertz CT molecular complexity index is 2140. The standard InChI is InChI=1S/C36H34Cl2N2O9S/c1-6-46-28-15-21(12-14-26(28)48-19-30(41)45-5)32-31(35(43)47-7-2)20(3)39-36-40(32)34(42)29(50-36)16-22-9-8-10-27(44-4)33(22)49-18-23-11-13-24(37)17-25(23)38/h8-17,32H,6-7,18-19H2,1-5H3/b29-16+/t32-/m1/s1. The Balaban J connectivity index is 1.63. The van der Waals surface area contributed by atoms with Gasteiger partial charge in [0, 0.05) is 21.2 Å². The largest absolute Gasteiger partial charge is 0.493 e. The minimum Gasteiger partial charge on any atom is -0.493 e. The van der Waals surface area contributed by atoms with E-state index in [-0.39, 0.29) is 37.8 Å². The molecule has 0 fully saturated rings. The van der Waals surface area contributed by atoms with Gasteiger partial charge in [-0.2, -0.15) is 0 Å². The van der Waals surface area contributed by atoms with Gasteiger partial charge in [-0.3, -0.25) is 9.36 Å². The van der Waals surface area contributed by atoms with Crippen molar-refractivity contribution in [3.8, 4) is 23.0 Å². The first-order valence-corrected chi connectivity index (χ1v) is 17.1. The minimum absolute atomic E-state index is 0.113. The molecule has 4 aromatic rings. The maximum absolute atomic E-state index is 14.3. The SMILES string of the molecule is CCOC(=O)C1=C(C)N=c2s/c(=C/c3cccc(OC)c3OCc3ccc(Cl)cc3Cl)c(=O)n2[C@@H]1c1ccc(OCC(=O)OC)c(OCC)c1. The van der Waals surface area contributed by atoms with Crippen molar-refractivity contribution in [1.29, 1.82) is 0 Å². The summed E-state index contributed by atoms with van der Waals surface area (Å²) >= 11 is 13.6. The smallest absolute Gasteiger partial charge is 0.343 e. The first-order valence-electron chi connectivity index (χ1n) is 15.5. The van der Waals surface area contributed by atoms with Gasteiger partial charge in [-0.05, 0) is 62.7 Å². The van der Waals surface area contributed by atoms with Crippen LogP contribution in [0.3, 0.4) is 0 Å². The van der Waals surface area contributed by atoms with Crippen LogP contribution >= 0.6 is 34.5 Å². The maximum Gasteiger partial charge on any atom is 0.343 e. The highest BCUT2D eigenvalue weighted by Crippen LogP contribution is 2.37. The van der Waals surface area contributed by atoms with Crippen LogP contribution in [0.2, 0.25) is 10.0 Å². The van der Waals surface area contributed by atoms with Gasteiger partial charge in [0.2, 0.25) is 0 Å². The number of para-hydroxylation sites is 1. The van der Waals surface area contributed by atoms with Crippen LogP contribution in [-0.2, 0) is 25.7 Å². The lowest BCUT2D eigenvalue weighted by atomic mass is 9.95. The van der Waals surface area contributed by atoms with Crippen LogP contribution in [0.1, 0.15) is 43.5 Å². The van der Waals surface area contributed by atoms with Crippen molar-refractivity contribution in [2.45, 2.75) is 33.4 Å². The molecular weight excluding hydrogens is 707 g/mol. The fourth-order valence-corrected chi connectivity index (χ4v) is 6.78. The molecule has 1 aromatic heterocycles. The minimum atomic E-state index is -0.922. The van der Waals surface area contributed by atoms with Gasteiger partial charge in [0.15, 0.2) is 34.4 Å². The molecule has 2 heterocycles. The molecule has 14 heteroatoms. The lowest BCUT2D eigenvalue weighted by molar-refractivity contribution is -0.143. The van der Waals surface area contributed by atoms with Gasteiger partial charge in [0.05, 0.1) is 49.3 Å². The number of hydrogen-bond acceptors (Lipinski definition) is 11. The Morgan fingerprint density at radius 1 is 0.960 bits per heavy atom. The van der Waals surface area contributed by atoms with Crippen LogP contribution < -0.4 is 33.8 Å². The third-order valence-corrected chi connectivity index (χ3v) is 9.15. The van der Waals surface area contributed by atoms with Crippen LogP contribution in [-0.4, -0.2) is 50.5 Å². The second-order valence-corrected chi connectivity index (χ2v) is 12.6. The highest BCUT2D eigenvalue weighted by atomic mass is 35.5. The van der Waals surface area contributed by atoms with Crippen molar-refractivity contribution in [2.24, 2.45) is 4.99 Å². The van der Waals surface area contributed by atoms with Crippen molar-refractivity contribution in [1.82, 2.24) is 4.57 Å². The molecule has 0 saturated heterocycles. The molecule has 262 valence electrons. The van der Waals surface area contributed by atoms with Crippen LogP contribution in [0.25, 0.3) is 6.08 Å². The first kappa shape index (κ1) is 36.5. The molecule has 0 unspecified atom stereocenters. The number of halogens is 2. The number of hydrogen-bond donors (Lipinski definition) is 0. The zero-order valence-corrected chi connectivity index (χ0v) is 30.2. The Kier molecular flexibility index (Phi) is 11.9. The lowest BCUT2D eigenvalue weighted by Crippen LogP contribution is -2.40. The van der Waals surface area contributed by atoms with E-state index in [0.29, 0.717) is 59.0 Å². The van der Waals surface area contributed by atoms with E-state index < -0.39 is 23.5 Å². The molecule has 0 N–H and O–H groups in total. The Labute approximate surface area is 301 Å². The van der Waals surface area contributed by atoms with Crippen LogP contribution in [0.15, 0.2) is 75.7 Å². The zero-order valence-electron chi connectivity index (χ0n) is 27.9. The van der Waals surface area contributed by atoms with E-state index in [1.54, 1.807) is 81.4 Å². The van der Waals surface area contributed by atoms with Gasteiger partial charge in [0.25, 0.3) is 5.56 Å². The summed E-state index contributed by atoms with van der Waals surface area (Å²) in [4.78, 5) is 44.6. The molecule has 0 saturated carbocycles. The Morgan fingerprint density at radius 3 is 2.46 bits per heavy atom. The molecule has 1 aliphatic rings. The zero-order chi connectivity index (χ0) is 35.9. The monoisotopic (exact) mass is 740 g/mol. The number of methoxy groups -OCH3 is 2. The van der Waals surface area contributed by atoms with Crippen LogP contribution in [0.4, 0.5) is 0 Å². The van der Waals surface area contributed by atoms with E-state index in [4.69, 9.17) is 46.9 Å². The highest BCUT2D eigenvalue weighted by Gasteiger charge is 2.34. The number of fused-ring (bicyclic) bond motifs is 1. The number of rotatable bonds is 13. The van der Waals surface area contributed by atoms with E-state index in [1.165, 1.54) is 18.8 Å². The number of allylic oxidation sites excluding steroid dienone is 1. The molecule has 5 rings (SSSR count). The first-order chi connectivity index (χ1) is 24.1. The predicted octanol–water partition coefficient (Wildman–Crippen LogP) is 5.64. The summed E-state index contributed by atoms with van der Waals surface area (Å²) in [5, 5.41) is 0.953. The van der Waals surface area contributed by atoms with E-state index in [0.717, 1.165) is 11.3 Å². The van der Waals surface area contributed by atoms with Crippen LogP contribution in [0, 0.1) is 0 Å². The van der Waals surface area contributed by atoms with E-state index >= 15 is 0 Å². The number of thiazole rings is 1. The van der Waals surface area contributed by atoms with E-state index in [9.17, 15) is 14.4 Å². The Hall–Kier alpha value is -4.78. The number of carbonyl (C=O) groups is 2. The number of carbonyl (C=O) groups excluding carboxylic acids is 2. The second-order valence-electron chi connectivity index (χ2n) is 10.7. The predicted molar refractivity (Wildman–Crippen MR) is 189 cm³/mol. The molecule has 0 radical (unpaired) electrons. The second kappa shape index (κ2) is 16.3. The maximum atomic E-state index is 14.3. The van der Waals surface area contributed by atoms with Gasteiger partial charge >= 0.3 is 11.9 Å². The molecule has 1 atom stereocenters. The van der Waals surface area contributed by atoms with Crippen LogP contribution in [0.5, 0.6) is 23.0 Å². The van der Waals surface area contributed by atoms with Crippen molar-refractivity contribution < 1.29 is 38.0 Å². The van der Waals surface area contributed by atoms with Crippen molar-refractivity contribution in [3.05, 3.63) is 112 Å². The highest BCUT2D eigenvalue weighted by molar-refractivity contribution is 7.07. The fourth-order valence-electron chi connectivity index (χ4n) is 5.28. The summed E-state index contributed by atoms with van der Waals surface area (Å²) in [5.74, 6) is 0.278. The molecular formula is C36H34Cl2N2O9S. The van der Waals surface area contributed by atoms with E-state index in [1.807, 2.05) is 0 Å². The molecule has 0 bridgehead atoms. The molecule has 0 aliphatic carbocycles. The average Bonchev–Trinajstić information content (AvgIpc) is 3.40. The number of nitrogens with zero attached hydrogens (tertiary/aromatic N) is 2. The molecule has 1 aliphatic heterocycles. The molecule has 50 heavy (non-hydrogen) atoms. The lowest BCUT2D eigenvalue weighted by Gasteiger charge is -2.25. The molecule has 3 aromatic carbocycles. The third kappa shape index (κ3) is 7.83. The molecule has 0 spiro atoms. The van der Waals surface area contributed by atoms with Gasteiger partial charge in [0.1, 0.15) is 6.61 Å². The van der Waals surface area contributed by atoms with Gasteiger partial charge < -0.3 is 28.4 Å². The summed E-state index contributed by atoms with van der Waals surface area (Å²) in [6.45, 7) is 5.39. The van der Waals surface area contributed by atoms with E-state index in [2.05, 4.69) is 9.73 Å². The summed E-state index contributed by atoms with van der Waals surface area (Å²) in [7, 11) is 2.79. The molecule has 11 nitrogen and oxygen atoms in total. The topological polar surface area (TPSA) is 124 Å². The van der Waals surface area contributed by atoms with Gasteiger partial charge in [-0.25, -0.2) is 14.6 Å². The molecule has 0 amide bonds. The Morgan fingerprint density at radius 2 is 1.76 bits per heavy atom. The number of esters is 2. The number of benzene rings is 3. The number of aromatic nitrogens is 1. The van der Waals surface area contributed by atoms with Gasteiger partial charge in [-0.15, -0.1) is 0 Å². The quantitative estimate of drug-likeness (QED) is 0.160. The summed E-state index contributed by atoms with van der Waals surface area (Å²) in [5.41, 5.74) is 2.02. The summed E-state index contributed by atoms with van der Waals surface area (Å²) in [6.07, 6.45) is 1.70.